The molecule has 0 fully saturated rings. The van der Waals surface area contributed by atoms with E-state index in [9.17, 15) is 4.79 Å². The van der Waals surface area contributed by atoms with E-state index in [4.69, 9.17) is 8.94 Å². The molecule has 136 valence electrons. The predicted octanol–water partition coefficient (Wildman–Crippen LogP) is 4.81. The third-order valence-electron chi connectivity index (χ3n) is 4.63. The van der Waals surface area contributed by atoms with Crippen LogP contribution < -0.4 is 5.32 Å². The molecule has 1 atom stereocenters. The highest BCUT2D eigenvalue weighted by atomic mass is 16.5. The molecule has 4 rings (SSSR count). The molecular formula is C22H20N2O3. The molecule has 0 bridgehead atoms. The second-order valence-electron chi connectivity index (χ2n) is 6.42. The number of rotatable bonds is 5. The van der Waals surface area contributed by atoms with E-state index in [2.05, 4.69) is 10.5 Å². The van der Waals surface area contributed by atoms with Gasteiger partial charge in [0.25, 0.3) is 5.91 Å². The van der Waals surface area contributed by atoms with E-state index in [-0.39, 0.29) is 5.91 Å². The van der Waals surface area contributed by atoms with Crippen molar-refractivity contribution in [3.8, 4) is 0 Å². The van der Waals surface area contributed by atoms with Gasteiger partial charge in [-0.25, -0.2) is 0 Å². The topological polar surface area (TPSA) is 68.3 Å². The van der Waals surface area contributed by atoms with Crippen LogP contribution in [0.4, 0.5) is 0 Å². The van der Waals surface area contributed by atoms with Crippen LogP contribution in [0, 0.1) is 6.92 Å². The fourth-order valence-electron chi connectivity index (χ4n) is 3.26. The van der Waals surface area contributed by atoms with Gasteiger partial charge in [-0.05, 0) is 31.0 Å². The lowest BCUT2D eigenvalue weighted by atomic mass is 10.0. The van der Waals surface area contributed by atoms with Crippen molar-refractivity contribution in [2.75, 3.05) is 0 Å². The van der Waals surface area contributed by atoms with Gasteiger partial charge in [0.05, 0.1) is 5.69 Å². The average molecular weight is 360 g/mol. The zero-order valence-electron chi connectivity index (χ0n) is 15.2. The Balaban J connectivity index is 1.74. The zero-order valence-corrected chi connectivity index (χ0v) is 15.2. The zero-order chi connectivity index (χ0) is 18.8. The fourth-order valence-corrected chi connectivity index (χ4v) is 3.26. The molecular weight excluding hydrogens is 340 g/mol. The van der Waals surface area contributed by atoms with Crippen molar-refractivity contribution in [1.82, 2.24) is 10.5 Å². The van der Waals surface area contributed by atoms with Crippen LogP contribution in [-0.4, -0.2) is 11.1 Å². The Hall–Kier alpha value is -3.34. The van der Waals surface area contributed by atoms with Gasteiger partial charge in [-0.3, -0.25) is 4.79 Å². The van der Waals surface area contributed by atoms with Crippen molar-refractivity contribution < 1.29 is 13.7 Å². The molecule has 2 aromatic carbocycles. The standard InChI is InChI=1S/C22H20N2O3/c1-3-17-20(14(2)27-24-17)22(25)23-21(15-9-5-4-6-10-15)19-13-16-11-7-8-12-18(16)26-19/h4-13,21H,3H2,1-2H3,(H,23,25)/t21-/m1/s1. The first-order chi connectivity index (χ1) is 13.2. The van der Waals surface area contributed by atoms with Gasteiger partial charge in [0.1, 0.15) is 28.7 Å². The number of hydrogen-bond acceptors (Lipinski definition) is 4. The highest BCUT2D eigenvalue weighted by Gasteiger charge is 2.25. The van der Waals surface area contributed by atoms with Crippen LogP contribution >= 0.6 is 0 Å². The summed E-state index contributed by atoms with van der Waals surface area (Å²) in [7, 11) is 0. The molecule has 4 aromatic rings. The molecule has 0 unspecified atom stereocenters. The summed E-state index contributed by atoms with van der Waals surface area (Å²) in [6.45, 7) is 3.70. The molecule has 0 aliphatic rings. The number of nitrogens with one attached hydrogen (secondary N) is 1. The average Bonchev–Trinajstić information content (AvgIpc) is 3.29. The molecule has 0 radical (unpaired) electrons. The Morgan fingerprint density at radius 2 is 1.85 bits per heavy atom. The van der Waals surface area contributed by atoms with Crippen LogP contribution in [0.3, 0.4) is 0 Å². The van der Waals surface area contributed by atoms with Gasteiger partial charge < -0.3 is 14.3 Å². The monoisotopic (exact) mass is 360 g/mol. The van der Waals surface area contributed by atoms with Crippen molar-refractivity contribution in [3.05, 3.63) is 89.0 Å². The highest BCUT2D eigenvalue weighted by molar-refractivity contribution is 5.96. The van der Waals surface area contributed by atoms with Gasteiger partial charge in [-0.1, -0.05) is 60.6 Å². The van der Waals surface area contributed by atoms with Gasteiger partial charge in [-0.2, -0.15) is 0 Å². The summed E-state index contributed by atoms with van der Waals surface area (Å²) in [4.78, 5) is 13.0. The third-order valence-corrected chi connectivity index (χ3v) is 4.63. The van der Waals surface area contributed by atoms with E-state index in [0.29, 0.717) is 29.2 Å². The number of benzene rings is 2. The van der Waals surface area contributed by atoms with Crippen molar-refractivity contribution in [2.24, 2.45) is 0 Å². The van der Waals surface area contributed by atoms with Gasteiger partial charge >= 0.3 is 0 Å². The molecule has 2 aromatic heterocycles. The summed E-state index contributed by atoms with van der Waals surface area (Å²) in [5.74, 6) is 0.976. The van der Waals surface area contributed by atoms with Crippen molar-refractivity contribution in [3.63, 3.8) is 0 Å². The summed E-state index contributed by atoms with van der Waals surface area (Å²) in [5.41, 5.74) is 2.88. The second-order valence-corrected chi connectivity index (χ2v) is 6.42. The van der Waals surface area contributed by atoms with E-state index in [1.54, 1.807) is 6.92 Å². The number of hydrogen-bond donors (Lipinski definition) is 1. The number of fused-ring (bicyclic) bond motifs is 1. The Bertz CT molecular complexity index is 1050. The van der Waals surface area contributed by atoms with Crippen molar-refractivity contribution >= 4 is 16.9 Å². The maximum absolute atomic E-state index is 13.0. The number of carbonyl (C=O) groups excluding carboxylic acids is 1. The molecule has 5 nitrogen and oxygen atoms in total. The number of aryl methyl sites for hydroxylation is 2. The Kier molecular flexibility index (Phi) is 4.50. The number of furan rings is 1. The van der Waals surface area contributed by atoms with Gasteiger partial charge in [0.2, 0.25) is 0 Å². The number of para-hydroxylation sites is 1. The molecule has 5 heteroatoms. The summed E-state index contributed by atoms with van der Waals surface area (Å²) < 4.78 is 11.3. The first kappa shape index (κ1) is 17.1. The van der Waals surface area contributed by atoms with Crippen molar-refractivity contribution in [1.29, 1.82) is 0 Å². The van der Waals surface area contributed by atoms with Crippen LogP contribution in [0.15, 0.2) is 69.6 Å². The normalized spacial score (nSPS) is 12.2. The summed E-state index contributed by atoms with van der Waals surface area (Å²) in [6, 6.07) is 19.1. The second kappa shape index (κ2) is 7.11. The lowest BCUT2D eigenvalue weighted by Crippen LogP contribution is -2.30. The van der Waals surface area contributed by atoms with Crippen molar-refractivity contribution in [2.45, 2.75) is 26.3 Å². The minimum absolute atomic E-state index is 0.222. The molecule has 27 heavy (non-hydrogen) atoms. The maximum Gasteiger partial charge on any atom is 0.257 e. The van der Waals surface area contributed by atoms with E-state index in [1.165, 1.54) is 0 Å². The first-order valence-corrected chi connectivity index (χ1v) is 8.96. The first-order valence-electron chi connectivity index (χ1n) is 8.96. The van der Waals surface area contributed by atoms with E-state index in [1.807, 2.05) is 67.6 Å². The lowest BCUT2D eigenvalue weighted by Gasteiger charge is -2.17. The van der Waals surface area contributed by atoms with E-state index >= 15 is 0 Å². The summed E-state index contributed by atoms with van der Waals surface area (Å²) >= 11 is 0. The Morgan fingerprint density at radius 1 is 1.11 bits per heavy atom. The molecule has 0 aliphatic heterocycles. The minimum Gasteiger partial charge on any atom is -0.459 e. The quantitative estimate of drug-likeness (QED) is 0.554. The molecule has 1 amide bonds. The smallest absolute Gasteiger partial charge is 0.257 e. The highest BCUT2D eigenvalue weighted by Crippen LogP contribution is 2.29. The third kappa shape index (κ3) is 3.24. The predicted molar refractivity (Wildman–Crippen MR) is 103 cm³/mol. The largest absolute Gasteiger partial charge is 0.459 e. The van der Waals surface area contributed by atoms with Crippen LogP contribution in [0.5, 0.6) is 0 Å². The molecule has 2 heterocycles. The Morgan fingerprint density at radius 3 is 2.59 bits per heavy atom. The number of carbonyl (C=O) groups is 1. The summed E-state index contributed by atoms with van der Waals surface area (Å²) in [5, 5.41) is 8.08. The fraction of sp³-hybridized carbons (Fsp3) is 0.182. The van der Waals surface area contributed by atoms with Crippen LogP contribution in [0.25, 0.3) is 11.0 Å². The van der Waals surface area contributed by atoms with Crippen LogP contribution in [0.2, 0.25) is 0 Å². The van der Waals surface area contributed by atoms with Gasteiger partial charge in [0.15, 0.2) is 0 Å². The number of amides is 1. The molecule has 0 spiro atoms. The lowest BCUT2D eigenvalue weighted by molar-refractivity contribution is 0.0937. The van der Waals surface area contributed by atoms with Crippen LogP contribution in [0.1, 0.15) is 46.1 Å². The number of aromatic nitrogens is 1. The van der Waals surface area contributed by atoms with E-state index in [0.717, 1.165) is 16.5 Å². The minimum atomic E-state index is -0.412. The molecule has 0 saturated carbocycles. The maximum atomic E-state index is 13.0. The van der Waals surface area contributed by atoms with Gasteiger partial charge in [-0.15, -0.1) is 0 Å². The van der Waals surface area contributed by atoms with Gasteiger partial charge in [0, 0.05) is 5.39 Å². The van der Waals surface area contributed by atoms with Crippen LogP contribution in [-0.2, 0) is 6.42 Å². The SMILES string of the molecule is CCc1noc(C)c1C(=O)N[C@H](c1ccccc1)c1cc2ccccc2o1. The summed E-state index contributed by atoms with van der Waals surface area (Å²) in [6.07, 6.45) is 0.626. The molecule has 1 N–H and O–H groups in total. The Labute approximate surface area is 157 Å². The molecule has 0 saturated heterocycles. The number of nitrogens with zero attached hydrogens (tertiary/aromatic N) is 1. The van der Waals surface area contributed by atoms with E-state index < -0.39 is 6.04 Å². The molecule has 0 aliphatic carbocycles.